The lowest BCUT2D eigenvalue weighted by molar-refractivity contribution is 0.0164. The van der Waals surface area contributed by atoms with Crippen LogP contribution >= 0.6 is 0 Å². The molecule has 1 fully saturated rings. The Morgan fingerprint density at radius 3 is 2.58 bits per heavy atom. The molecule has 1 N–H and O–H groups in total. The van der Waals surface area contributed by atoms with Gasteiger partial charge in [-0.15, -0.1) is 0 Å². The predicted octanol–water partition coefficient (Wildman–Crippen LogP) is 5.07. The molecule has 0 spiro atoms. The maximum Gasteiger partial charge on any atom is 0.410 e. The first kappa shape index (κ1) is 31.7. The van der Waals surface area contributed by atoms with Gasteiger partial charge >= 0.3 is 16.3 Å². The number of carbonyl (C=O) groups excluding carboxylic acids is 1. The number of hydrogen-bond donors (Lipinski definition) is 1. The van der Waals surface area contributed by atoms with E-state index in [2.05, 4.69) is 14.7 Å². The Hall–Kier alpha value is -4.22. The third-order valence-corrected chi connectivity index (χ3v) is 8.32. The summed E-state index contributed by atoms with van der Waals surface area (Å²) in [7, 11) is -2.59. The molecule has 14 heteroatoms. The van der Waals surface area contributed by atoms with Crippen molar-refractivity contribution in [2.24, 2.45) is 5.92 Å². The van der Waals surface area contributed by atoms with Gasteiger partial charge < -0.3 is 19.1 Å². The molecule has 0 bridgehead atoms. The van der Waals surface area contributed by atoms with Crippen LogP contribution in [0.5, 0.6) is 17.4 Å². The van der Waals surface area contributed by atoms with E-state index in [0.717, 1.165) is 23.2 Å². The number of halogens is 1. The highest BCUT2D eigenvalue weighted by Gasteiger charge is 2.27. The van der Waals surface area contributed by atoms with E-state index in [1.807, 2.05) is 26.8 Å². The van der Waals surface area contributed by atoms with Gasteiger partial charge in [-0.3, -0.25) is 4.72 Å². The largest absolute Gasteiger partial charge is 0.476 e. The number of anilines is 1. The molecule has 0 radical (unpaired) electrons. The second-order valence-electron chi connectivity index (χ2n) is 11.1. The number of nitrogens with one attached hydrogen (secondary N) is 1. The van der Waals surface area contributed by atoms with Gasteiger partial charge in [-0.05, 0) is 63.8 Å². The molecule has 43 heavy (non-hydrogen) atoms. The smallest absolute Gasteiger partial charge is 0.410 e. The molecule has 1 aliphatic heterocycles. The molecule has 0 unspecified atom stereocenters. The van der Waals surface area contributed by atoms with Crippen LogP contribution in [0.2, 0.25) is 0 Å². The topological polar surface area (TPSA) is 147 Å². The number of hydrogen-bond acceptors (Lipinski definition) is 9. The number of aromatic nitrogens is 2. The number of benzene rings is 2. The van der Waals surface area contributed by atoms with Gasteiger partial charge in [0.05, 0.1) is 29.5 Å². The molecule has 0 aliphatic carbocycles. The normalized spacial score (nSPS) is 14.4. The Kier molecular flexibility index (Phi) is 9.56. The molecule has 2 heterocycles. The predicted molar refractivity (Wildman–Crippen MR) is 158 cm³/mol. The summed E-state index contributed by atoms with van der Waals surface area (Å²) in [5, 5.41) is 9.75. The third-order valence-electron chi connectivity index (χ3n) is 6.76. The summed E-state index contributed by atoms with van der Waals surface area (Å²) in [6.07, 6.45) is 2.71. The molecule has 1 aliphatic rings. The minimum atomic E-state index is -3.96. The van der Waals surface area contributed by atoms with Gasteiger partial charge in [-0.1, -0.05) is 6.92 Å². The zero-order chi connectivity index (χ0) is 31.4. The van der Waals surface area contributed by atoms with Crippen molar-refractivity contribution in [1.29, 1.82) is 5.26 Å². The van der Waals surface area contributed by atoms with Crippen LogP contribution in [0.25, 0.3) is 11.0 Å². The fourth-order valence-corrected chi connectivity index (χ4v) is 5.22. The van der Waals surface area contributed by atoms with Crippen molar-refractivity contribution in [2.75, 3.05) is 38.0 Å². The monoisotopic (exact) mass is 614 g/mol. The number of carbonyl (C=O) groups is 1. The Bertz CT molecular complexity index is 1630. The molecule has 0 atom stereocenters. The van der Waals surface area contributed by atoms with Crippen molar-refractivity contribution < 1.29 is 31.8 Å². The number of amides is 1. The third kappa shape index (κ3) is 7.99. The maximum atomic E-state index is 14.8. The SMILES string of the molecule is CCN(C)S(=O)(=O)Nc1ccc(F)c(Oc2ccc3ncc(OCC4CCN(C(=O)OC(C)(C)C)CC4)nc3c2)c1C#N. The zero-order valence-corrected chi connectivity index (χ0v) is 25.6. The Balaban J connectivity index is 1.45. The lowest BCUT2D eigenvalue weighted by Gasteiger charge is -2.33. The van der Waals surface area contributed by atoms with Crippen LogP contribution in [0.4, 0.5) is 14.9 Å². The number of rotatable bonds is 9. The average molecular weight is 615 g/mol. The molecule has 1 amide bonds. The van der Waals surface area contributed by atoms with Gasteiger partial charge in [-0.2, -0.15) is 18.0 Å². The van der Waals surface area contributed by atoms with E-state index in [1.54, 1.807) is 17.9 Å². The molecule has 2 aromatic carbocycles. The van der Waals surface area contributed by atoms with E-state index in [4.69, 9.17) is 14.2 Å². The molecule has 12 nitrogen and oxygen atoms in total. The van der Waals surface area contributed by atoms with Gasteiger partial charge in [-0.25, -0.2) is 19.2 Å². The number of fused-ring (bicyclic) bond motifs is 1. The summed E-state index contributed by atoms with van der Waals surface area (Å²) in [6, 6.07) is 8.70. The number of nitriles is 1. The summed E-state index contributed by atoms with van der Waals surface area (Å²) in [5.41, 5.74) is -0.0224. The first-order valence-electron chi connectivity index (χ1n) is 13.8. The first-order valence-corrected chi connectivity index (χ1v) is 15.3. The van der Waals surface area contributed by atoms with Crippen LogP contribution in [0.1, 0.15) is 46.1 Å². The zero-order valence-electron chi connectivity index (χ0n) is 24.8. The highest BCUT2D eigenvalue weighted by molar-refractivity contribution is 7.90. The highest BCUT2D eigenvalue weighted by atomic mass is 32.2. The minimum Gasteiger partial charge on any atom is -0.476 e. The van der Waals surface area contributed by atoms with Gasteiger partial charge in [0.2, 0.25) is 5.88 Å². The molecule has 230 valence electrons. The van der Waals surface area contributed by atoms with Gasteiger partial charge in [0.25, 0.3) is 0 Å². The van der Waals surface area contributed by atoms with E-state index in [-0.39, 0.29) is 35.6 Å². The summed E-state index contributed by atoms with van der Waals surface area (Å²) in [5.74, 6) is -0.599. The van der Waals surface area contributed by atoms with Crippen LogP contribution < -0.4 is 14.2 Å². The quantitative estimate of drug-likeness (QED) is 0.349. The van der Waals surface area contributed by atoms with Gasteiger partial charge in [0.1, 0.15) is 23.0 Å². The standard InChI is InChI=1S/C29H35FN6O6S/c1-6-35(5)43(38,39)34-23-10-8-22(30)27(21(23)16-31)41-20-7-9-24-25(15-20)33-26(17-32-24)40-18-19-11-13-36(14-12-19)28(37)42-29(2,3)4/h7-10,15,17,19,34H,6,11-14,18H2,1-5H3. The second kappa shape index (κ2) is 13.0. The van der Waals surface area contributed by atoms with Gasteiger partial charge in [0.15, 0.2) is 11.6 Å². The van der Waals surface area contributed by atoms with Gasteiger partial charge in [0, 0.05) is 32.7 Å². The van der Waals surface area contributed by atoms with Crippen molar-refractivity contribution >= 4 is 33.0 Å². The summed E-state index contributed by atoms with van der Waals surface area (Å²) >= 11 is 0. The fourth-order valence-electron chi connectivity index (χ4n) is 4.28. The molecule has 4 rings (SSSR count). The summed E-state index contributed by atoms with van der Waals surface area (Å²) in [6.45, 7) is 8.91. The lowest BCUT2D eigenvalue weighted by atomic mass is 9.98. The van der Waals surface area contributed by atoms with Crippen LogP contribution in [-0.4, -0.2) is 72.6 Å². The van der Waals surface area contributed by atoms with Crippen molar-refractivity contribution in [3.05, 3.63) is 47.9 Å². The Labute approximate surface area is 250 Å². The molecule has 0 saturated carbocycles. The summed E-state index contributed by atoms with van der Waals surface area (Å²) in [4.78, 5) is 22.9. The average Bonchev–Trinajstić information content (AvgIpc) is 2.96. The van der Waals surface area contributed by atoms with E-state index in [1.165, 1.54) is 31.4 Å². The van der Waals surface area contributed by atoms with Crippen LogP contribution in [-0.2, 0) is 14.9 Å². The first-order chi connectivity index (χ1) is 20.3. The molecular formula is C29H35FN6O6S. The molecule has 1 aromatic heterocycles. The van der Waals surface area contributed by atoms with Crippen LogP contribution in [0.15, 0.2) is 36.5 Å². The summed E-state index contributed by atoms with van der Waals surface area (Å²) < 4.78 is 60.3. The van der Waals surface area contributed by atoms with E-state index < -0.39 is 27.4 Å². The number of piperidine rings is 1. The number of ether oxygens (including phenoxy) is 3. The molecule has 1 saturated heterocycles. The Morgan fingerprint density at radius 2 is 1.93 bits per heavy atom. The maximum absolute atomic E-state index is 14.8. The number of nitrogens with zero attached hydrogens (tertiary/aromatic N) is 5. The van der Waals surface area contributed by atoms with E-state index >= 15 is 0 Å². The van der Waals surface area contributed by atoms with Crippen molar-refractivity contribution in [2.45, 2.75) is 46.1 Å². The van der Waals surface area contributed by atoms with E-state index in [0.29, 0.717) is 36.6 Å². The van der Waals surface area contributed by atoms with E-state index in [9.17, 15) is 22.9 Å². The van der Waals surface area contributed by atoms with Crippen molar-refractivity contribution in [3.8, 4) is 23.4 Å². The molecular weight excluding hydrogens is 579 g/mol. The van der Waals surface area contributed by atoms with Crippen molar-refractivity contribution in [1.82, 2.24) is 19.2 Å². The molecule has 3 aromatic rings. The Morgan fingerprint density at radius 1 is 1.21 bits per heavy atom. The van der Waals surface area contributed by atoms with Crippen molar-refractivity contribution in [3.63, 3.8) is 0 Å². The minimum absolute atomic E-state index is 0.118. The second-order valence-corrected chi connectivity index (χ2v) is 12.9. The fraction of sp³-hybridized carbons (Fsp3) is 0.448. The van der Waals surface area contributed by atoms with Crippen LogP contribution in [0.3, 0.4) is 0 Å². The highest BCUT2D eigenvalue weighted by Crippen LogP contribution is 2.34. The number of likely N-dealkylation sites (tertiary alicyclic amines) is 1. The van der Waals surface area contributed by atoms with Crippen LogP contribution in [0, 0.1) is 23.1 Å². The lowest BCUT2D eigenvalue weighted by Crippen LogP contribution is -2.42.